The van der Waals surface area contributed by atoms with Crippen LogP contribution in [0.15, 0.2) is 60.7 Å². The molecule has 174 valence electrons. The third kappa shape index (κ3) is 6.24. The van der Waals surface area contributed by atoms with Gasteiger partial charge in [0.15, 0.2) is 0 Å². The van der Waals surface area contributed by atoms with Crippen molar-refractivity contribution >= 4 is 17.2 Å². The van der Waals surface area contributed by atoms with Crippen LogP contribution in [0.5, 0.6) is 5.75 Å². The monoisotopic (exact) mass is 462 g/mol. The summed E-state index contributed by atoms with van der Waals surface area (Å²) in [4.78, 5) is 15.4. The van der Waals surface area contributed by atoms with Gasteiger partial charge in [0, 0.05) is 32.4 Å². The normalized spacial score (nSPS) is 17.5. The van der Waals surface area contributed by atoms with Gasteiger partial charge in [0.25, 0.3) is 5.91 Å². The highest BCUT2D eigenvalue weighted by atomic mass is 32.1. The van der Waals surface area contributed by atoms with E-state index in [4.69, 9.17) is 4.74 Å². The molecule has 0 aliphatic carbocycles. The van der Waals surface area contributed by atoms with Crippen LogP contribution in [0, 0.1) is 6.92 Å². The zero-order valence-electron chi connectivity index (χ0n) is 20.2. The molecule has 1 amide bonds. The molecule has 1 aromatic heterocycles. The highest BCUT2D eigenvalue weighted by molar-refractivity contribution is 7.15. The second-order valence-electron chi connectivity index (χ2n) is 10.4. The molecule has 5 heteroatoms. The van der Waals surface area contributed by atoms with Gasteiger partial charge in [0.1, 0.15) is 12.4 Å². The molecule has 2 N–H and O–H groups in total. The van der Waals surface area contributed by atoms with Crippen LogP contribution < -0.4 is 15.4 Å². The van der Waals surface area contributed by atoms with Crippen LogP contribution in [0.4, 0.5) is 0 Å². The fraction of sp³-hybridized carbons (Fsp3) is 0.393. The van der Waals surface area contributed by atoms with Crippen LogP contribution in [0.3, 0.4) is 0 Å². The quantitative estimate of drug-likeness (QED) is 0.449. The van der Waals surface area contributed by atoms with Gasteiger partial charge in [-0.05, 0) is 95.0 Å². The first kappa shape index (κ1) is 23.5. The van der Waals surface area contributed by atoms with Crippen LogP contribution in [-0.4, -0.2) is 23.0 Å². The van der Waals surface area contributed by atoms with E-state index in [1.54, 1.807) is 11.3 Å². The maximum Gasteiger partial charge on any atom is 0.251 e. The summed E-state index contributed by atoms with van der Waals surface area (Å²) in [5.74, 6) is 0.830. The van der Waals surface area contributed by atoms with Gasteiger partial charge in [-0.1, -0.05) is 24.3 Å². The molecule has 0 atom stereocenters. The summed E-state index contributed by atoms with van der Waals surface area (Å²) in [6, 6.07) is 20.3. The van der Waals surface area contributed by atoms with E-state index in [2.05, 4.69) is 69.5 Å². The molecule has 33 heavy (non-hydrogen) atoms. The Balaban J connectivity index is 1.34. The average Bonchev–Trinajstić information content (AvgIpc) is 3.17. The van der Waals surface area contributed by atoms with Crippen molar-refractivity contribution < 1.29 is 9.53 Å². The van der Waals surface area contributed by atoms with Gasteiger partial charge in [-0.15, -0.1) is 11.3 Å². The Bertz CT molecular complexity index is 1100. The molecular weight excluding hydrogens is 428 g/mol. The molecule has 0 bridgehead atoms. The molecule has 2 aromatic carbocycles. The molecule has 2 heterocycles. The Hall–Kier alpha value is -2.63. The second-order valence-corrected chi connectivity index (χ2v) is 11.7. The number of ether oxygens (including phenoxy) is 1. The van der Waals surface area contributed by atoms with Gasteiger partial charge >= 0.3 is 0 Å². The van der Waals surface area contributed by atoms with Gasteiger partial charge in [-0.3, -0.25) is 4.79 Å². The number of amides is 1. The van der Waals surface area contributed by atoms with E-state index in [0.29, 0.717) is 12.2 Å². The molecular formula is C28H34N2O2S. The molecule has 0 unspecified atom stereocenters. The number of benzene rings is 2. The largest absolute Gasteiger partial charge is 0.489 e. The number of nitrogens with one attached hydrogen (secondary N) is 2. The van der Waals surface area contributed by atoms with E-state index in [1.807, 2.05) is 36.4 Å². The number of rotatable bonds is 6. The summed E-state index contributed by atoms with van der Waals surface area (Å²) in [6.07, 6.45) is 1.83. The first-order valence-corrected chi connectivity index (χ1v) is 12.4. The van der Waals surface area contributed by atoms with Crippen molar-refractivity contribution in [2.45, 2.75) is 71.2 Å². The van der Waals surface area contributed by atoms with Crippen molar-refractivity contribution in [2.24, 2.45) is 0 Å². The standard InChI is InChI=1S/C28H34N2O2S/c1-19-9-14-25(33-19)22-7-6-8-24(15-22)32-18-20-10-12-21(13-11-20)26(31)29-23-16-27(2,3)30-28(4,5)17-23/h6-15,23,30H,16-18H2,1-5H3,(H,29,31). The summed E-state index contributed by atoms with van der Waals surface area (Å²) in [6.45, 7) is 11.4. The second kappa shape index (κ2) is 9.32. The molecule has 1 fully saturated rings. The highest BCUT2D eigenvalue weighted by Crippen LogP contribution is 2.31. The van der Waals surface area contributed by atoms with Crippen LogP contribution in [0.25, 0.3) is 10.4 Å². The lowest BCUT2D eigenvalue weighted by Crippen LogP contribution is -2.62. The predicted molar refractivity (Wildman–Crippen MR) is 137 cm³/mol. The topological polar surface area (TPSA) is 50.4 Å². The Morgan fingerprint density at radius 3 is 2.36 bits per heavy atom. The number of piperidine rings is 1. The number of aryl methyl sites for hydroxylation is 1. The maximum atomic E-state index is 12.8. The molecule has 1 aliphatic rings. The third-order valence-corrected chi connectivity index (χ3v) is 7.06. The van der Waals surface area contributed by atoms with Gasteiger partial charge in [-0.2, -0.15) is 0 Å². The summed E-state index contributed by atoms with van der Waals surface area (Å²) >= 11 is 1.78. The minimum atomic E-state index is -0.0140. The molecule has 4 nitrogen and oxygen atoms in total. The van der Waals surface area contributed by atoms with Crippen molar-refractivity contribution in [3.05, 3.63) is 76.7 Å². The minimum absolute atomic E-state index is 0.000522. The van der Waals surface area contributed by atoms with Crippen molar-refractivity contribution in [1.82, 2.24) is 10.6 Å². The van der Waals surface area contributed by atoms with Gasteiger partial charge < -0.3 is 15.4 Å². The van der Waals surface area contributed by atoms with Gasteiger partial charge in [0.2, 0.25) is 0 Å². The van der Waals surface area contributed by atoms with Crippen LogP contribution in [0.1, 0.15) is 61.3 Å². The zero-order valence-corrected chi connectivity index (χ0v) is 21.0. The number of thiophene rings is 1. The number of hydrogen-bond donors (Lipinski definition) is 2. The van der Waals surface area contributed by atoms with Crippen LogP contribution >= 0.6 is 11.3 Å². The molecule has 1 saturated heterocycles. The minimum Gasteiger partial charge on any atom is -0.489 e. The lowest BCUT2D eigenvalue weighted by atomic mass is 9.79. The first-order valence-electron chi connectivity index (χ1n) is 11.6. The van der Waals surface area contributed by atoms with Crippen molar-refractivity contribution in [1.29, 1.82) is 0 Å². The van der Waals surface area contributed by atoms with E-state index >= 15 is 0 Å². The molecule has 0 saturated carbocycles. The number of carbonyl (C=O) groups excluding carboxylic acids is 1. The number of carbonyl (C=O) groups is 1. The van der Waals surface area contributed by atoms with Crippen molar-refractivity contribution in [2.75, 3.05) is 0 Å². The van der Waals surface area contributed by atoms with E-state index in [0.717, 1.165) is 24.2 Å². The lowest BCUT2D eigenvalue weighted by Gasteiger charge is -2.46. The summed E-state index contributed by atoms with van der Waals surface area (Å²) in [5.41, 5.74) is 2.89. The molecule has 4 rings (SSSR count). The molecule has 3 aromatic rings. The Labute approximate surface area is 201 Å². The molecule has 1 aliphatic heterocycles. The Morgan fingerprint density at radius 2 is 1.73 bits per heavy atom. The lowest BCUT2D eigenvalue weighted by molar-refractivity contribution is 0.0873. The average molecular weight is 463 g/mol. The van der Waals surface area contributed by atoms with E-state index < -0.39 is 0 Å². The summed E-state index contributed by atoms with van der Waals surface area (Å²) in [7, 11) is 0. The predicted octanol–water partition coefficient (Wildman–Crippen LogP) is 6.34. The van der Waals surface area contributed by atoms with Crippen LogP contribution in [-0.2, 0) is 6.61 Å². The van der Waals surface area contributed by atoms with E-state index in [1.165, 1.54) is 15.3 Å². The van der Waals surface area contributed by atoms with Crippen molar-refractivity contribution in [3.63, 3.8) is 0 Å². The molecule has 0 spiro atoms. The first-order chi connectivity index (χ1) is 15.6. The Kier molecular flexibility index (Phi) is 6.64. The van der Waals surface area contributed by atoms with E-state index in [-0.39, 0.29) is 23.0 Å². The summed E-state index contributed by atoms with van der Waals surface area (Å²) in [5, 5.41) is 6.90. The Morgan fingerprint density at radius 1 is 1.03 bits per heavy atom. The number of hydrogen-bond acceptors (Lipinski definition) is 4. The van der Waals surface area contributed by atoms with Gasteiger partial charge in [-0.25, -0.2) is 0 Å². The third-order valence-electron chi connectivity index (χ3n) is 6.01. The van der Waals surface area contributed by atoms with Crippen molar-refractivity contribution in [3.8, 4) is 16.2 Å². The smallest absolute Gasteiger partial charge is 0.251 e. The summed E-state index contributed by atoms with van der Waals surface area (Å²) < 4.78 is 6.03. The fourth-order valence-corrected chi connectivity index (χ4v) is 5.80. The maximum absolute atomic E-state index is 12.8. The van der Waals surface area contributed by atoms with E-state index in [9.17, 15) is 4.79 Å². The zero-order chi connectivity index (χ0) is 23.6. The SMILES string of the molecule is Cc1ccc(-c2cccc(OCc3ccc(C(=O)NC4CC(C)(C)NC(C)(C)C4)cc3)c2)s1. The van der Waals surface area contributed by atoms with Gasteiger partial charge in [0.05, 0.1) is 0 Å². The molecule has 0 radical (unpaired) electrons. The fourth-order valence-electron chi connectivity index (χ4n) is 4.94. The van der Waals surface area contributed by atoms with Crippen LogP contribution in [0.2, 0.25) is 0 Å². The highest BCUT2D eigenvalue weighted by Gasteiger charge is 2.38.